The van der Waals surface area contributed by atoms with E-state index in [1.165, 1.54) is 0 Å². The van der Waals surface area contributed by atoms with E-state index in [4.69, 9.17) is 4.74 Å². The van der Waals surface area contributed by atoms with Gasteiger partial charge in [-0.3, -0.25) is 4.79 Å². The minimum atomic E-state index is -0.0529. The molecule has 0 spiro atoms. The van der Waals surface area contributed by atoms with Gasteiger partial charge in [-0.05, 0) is 24.3 Å². The van der Waals surface area contributed by atoms with Crippen LogP contribution in [0, 0.1) is 5.92 Å². The first-order chi connectivity index (χ1) is 11.3. The summed E-state index contributed by atoms with van der Waals surface area (Å²) in [6.07, 6.45) is 0. The first kappa shape index (κ1) is 21.1. The number of nitrogens with one attached hydrogen (secondary N) is 3. The van der Waals surface area contributed by atoms with Gasteiger partial charge in [-0.1, -0.05) is 18.2 Å². The first-order valence-electron chi connectivity index (χ1n) is 7.75. The molecule has 1 aliphatic heterocycles. The molecule has 136 valence electrons. The molecule has 1 amide bonds. The highest BCUT2D eigenvalue weighted by Gasteiger charge is 2.18. The van der Waals surface area contributed by atoms with Gasteiger partial charge in [0.15, 0.2) is 0 Å². The van der Waals surface area contributed by atoms with Crippen molar-refractivity contribution in [2.75, 3.05) is 32.1 Å². The molecular formula is C18H23Cl2N3O2. The maximum absolute atomic E-state index is 12.4. The number of carbonyl (C=O) groups excluding carboxylic acids is 1. The van der Waals surface area contributed by atoms with Gasteiger partial charge >= 0.3 is 0 Å². The summed E-state index contributed by atoms with van der Waals surface area (Å²) in [6, 6.07) is 15.2. The van der Waals surface area contributed by atoms with Crippen molar-refractivity contribution >= 4 is 42.1 Å². The topological polar surface area (TPSA) is 62.4 Å². The van der Waals surface area contributed by atoms with Crippen molar-refractivity contribution in [1.82, 2.24) is 10.6 Å². The summed E-state index contributed by atoms with van der Waals surface area (Å²) < 4.78 is 5.23. The fraction of sp³-hybridized carbons (Fsp3) is 0.278. The Bertz CT molecular complexity index is 694. The lowest BCUT2D eigenvalue weighted by Crippen LogP contribution is -2.48. The molecule has 0 radical (unpaired) electrons. The Kier molecular flexibility index (Phi) is 8.55. The molecule has 3 N–H and O–H groups in total. The molecule has 0 atom stereocenters. The van der Waals surface area contributed by atoms with Crippen molar-refractivity contribution in [1.29, 1.82) is 0 Å². The highest BCUT2D eigenvalue weighted by molar-refractivity contribution is 6.00. The number of halogens is 2. The standard InChI is InChI=1S/C18H21N3O2.2ClH/c1-23-15-6-4-5-14(9-15)21-17-8-3-2-7-16(17)18(22)20-12-13-10-19-11-13;;/h2-9,13,19,21H,10-12H2,1H3,(H,20,22);2*1H. The summed E-state index contributed by atoms with van der Waals surface area (Å²) in [5.74, 6) is 1.26. The predicted octanol–water partition coefficient (Wildman–Crippen LogP) is 3.23. The van der Waals surface area contributed by atoms with Crippen LogP contribution in [0.25, 0.3) is 0 Å². The number of para-hydroxylation sites is 1. The van der Waals surface area contributed by atoms with Gasteiger partial charge in [0.25, 0.3) is 5.91 Å². The number of methoxy groups -OCH3 is 1. The van der Waals surface area contributed by atoms with E-state index in [1.807, 2.05) is 48.5 Å². The molecule has 0 unspecified atom stereocenters. The number of hydrogen-bond acceptors (Lipinski definition) is 4. The van der Waals surface area contributed by atoms with E-state index < -0.39 is 0 Å². The normalized spacial score (nSPS) is 12.8. The molecule has 0 aromatic heterocycles. The zero-order chi connectivity index (χ0) is 16.1. The van der Waals surface area contributed by atoms with E-state index in [-0.39, 0.29) is 30.7 Å². The zero-order valence-corrected chi connectivity index (χ0v) is 15.6. The predicted molar refractivity (Wildman–Crippen MR) is 106 cm³/mol. The lowest BCUT2D eigenvalue weighted by molar-refractivity contribution is 0.0943. The summed E-state index contributed by atoms with van der Waals surface area (Å²) in [5, 5.41) is 9.50. The number of benzene rings is 2. The molecule has 3 rings (SSSR count). The molecule has 5 nitrogen and oxygen atoms in total. The fourth-order valence-electron chi connectivity index (χ4n) is 2.47. The molecule has 2 aromatic rings. The summed E-state index contributed by atoms with van der Waals surface area (Å²) >= 11 is 0. The Morgan fingerprint density at radius 1 is 1.16 bits per heavy atom. The van der Waals surface area contributed by atoms with E-state index in [2.05, 4.69) is 16.0 Å². The molecule has 0 aliphatic carbocycles. The van der Waals surface area contributed by atoms with Gasteiger partial charge < -0.3 is 20.7 Å². The van der Waals surface area contributed by atoms with E-state index in [0.717, 1.165) is 30.2 Å². The second-order valence-electron chi connectivity index (χ2n) is 5.64. The quantitative estimate of drug-likeness (QED) is 0.716. The number of carbonyl (C=O) groups is 1. The fourth-order valence-corrected chi connectivity index (χ4v) is 2.47. The molecule has 1 heterocycles. The highest BCUT2D eigenvalue weighted by atomic mass is 35.5. The monoisotopic (exact) mass is 383 g/mol. The maximum atomic E-state index is 12.4. The van der Waals surface area contributed by atoms with Crippen LogP contribution in [-0.4, -0.2) is 32.7 Å². The van der Waals surface area contributed by atoms with Crippen molar-refractivity contribution in [3.63, 3.8) is 0 Å². The van der Waals surface area contributed by atoms with E-state index in [1.54, 1.807) is 7.11 Å². The van der Waals surface area contributed by atoms with Crippen LogP contribution in [0.3, 0.4) is 0 Å². The molecule has 1 aliphatic rings. The molecule has 2 aromatic carbocycles. The van der Waals surface area contributed by atoms with E-state index in [0.29, 0.717) is 18.0 Å². The highest BCUT2D eigenvalue weighted by Crippen LogP contribution is 2.24. The lowest BCUT2D eigenvalue weighted by Gasteiger charge is -2.27. The number of hydrogen-bond donors (Lipinski definition) is 3. The Hall–Kier alpha value is -1.95. The van der Waals surface area contributed by atoms with Gasteiger partial charge in [-0.2, -0.15) is 0 Å². The third-order valence-corrected chi connectivity index (χ3v) is 3.94. The molecule has 0 bridgehead atoms. The van der Waals surface area contributed by atoms with Gasteiger partial charge in [-0.25, -0.2) is 0 Å². The van der Waals surface area contributed by atoms with Crippen LogP contribution in [0.2, 0.25) is 0 Å². The molecule has 1 saturated heterocycles. The van der Waals surface area contributed by atoms with Crippen LogP contribution in [0.4, 0.5) is 11.4 Å². The maximum Gasteiger partial charge on any atom is 0.253 e. The minimum absolute atomic E-state index is 0. The first-order valence-corrected chi connectivity index (χ1v) is 7.75. The summed E-state index contributed by atoms with van der Waals surface area (Å²) in [5.41, 5.74) is 2.31. The summed E-state index contributed by atoms with van der Waals surface area (Å²) in [4.78, 5) is 12.4. The summed E-state index contributed by atoms with van der Waals surface area (Å²) in [6.45, 7) is 2.66. The molecule has 0 saturated carbocycles. The van der Waals surface area contributed by atoms with Gasteiger partial charge in [0, 0.05) is 37.3 Å². The number of anilines is 2. The molecular weight excluding hydrogens is 361 g/mol. The van der Waals surface area contributed by atoms with Crippen molar-refractivity contribution in [2.24, 2.45) is 5.92 Å². The van der Waals surface area contributed by atoms with Crippen molar-refractivity contribution in [3.05, 3.63) is 54.1 Å². The van der Waals surface area contributed by atoms with E-state index in [9.17, 15) is 4.79 Å². The Morgan fingerprint density at radius 3 is 2.60 bits per heavy atom. The van der Waals surface area contributed by atoms with Gasteiger partial charge in [-0.15, -0.1) is 24.8 Å². The van der Waals surface area contributed by atoms with Crippen LogP contribution >= 0.6 is 24.8 Å². The number of rotatable bonds is 6. The van der Waals surface area contributed by atoms with Crippen LogP contribution in [0.15, 0.2) is 48.5 Å². The smallest absolute Gasteiger partial charge is 0.253 e. The zero-order valence-electron chi connectivity index (χ0n) is 14.0. The van der Waals surface area contributed by atoms with E-state index >= 15 is 0 Å². The Labute approximate surface area is 160 Å². The Morgan fingerprint density at radius 2 is 1.92 bits per heavy atom. The third kappa shape index (κ3) is 5.53. The van der Waals surface area contributed by atoms with Gasteiger partial charge in [0.2, 0.25) is 0 Å². The molecule has 1 fully saturated rings. The second kappa shape index (κ2) is 10.1. The largest absolute Gasteiger partial charge is 0.497 e. The van der Waals surface area contributed by atoms with Crippen molar-refractivity contribution < 1.29 is 9.53 Å². The van der Waals surface area contributed by atoms with Crippen molar-refractivity contribution in [3.8, 4) is 5.75 Å². The Balaban J connectivity index is 0.00000156. The third-order valence-electron chi connectivity index (χ3n) is 3.94. The molecule has 7 heteroatoms. The lowest BCUT2D eigenvalue weighted by atomic mass is 10.0. The van der Waals surface area contributed by atoms with Crippen molar-refractivity contribution in [2.45, 2.75) is 0 Å². The van der Waals surface area contributed by atoms with Crippen LogP contribution in [0.5, 0.6) is 5.75 Å². The van der Waals surface area contributed by atoms with Crippen LogP contribution < -0.4 is 20.7 Å². The van der Waals surface area contributed by atoms with Crippen LogP contribution in [-0.2, 0) is 0 Å². The minimum Gasteiger partial charge on any atom is -0.497 e. The summed E-state index contributed by atoms with van der Waals surface area (Å²) in [7, 11) is 1.63. The average molecular weight is 384 g/mol. The average Bonchev–Trinajstić information content (AvgIpc) is 2.54. The number of ether oxygens (including phenoxy) is 1. The van der Waals surface area contributed by atoms with Gasteiger partial charge in [0.05, 0.1) is 18.4 Å². The second-order valence-corrected chi connectivity index (χ2v) is 5.64. The SMILES string of the molecule is COc1cccc(Nc2ccccc2C(=O)NCC2CNC2)c1.Cl.Cl. The van der Waals surface area contributed by atoms with Gasteiger partial charge in [0.1, 0.15) is 5.75 Å². The van der Waals surface area contributed by atoms with Crippen LogP contribution in [0.1, 0.15) is 10.4 Å². The number of amides is 1. The molecule has 25 heavy (non-hydrogen) atoms.